The average molecular weight is 422 g/mol. The SMILES string of the molecule is COc1ccc(F)cc1C(=O)N1C[C@@H]2C[C@H](C1)c1ccc(-c3nccn3C)c(=O)n1C2. The van der Waals surface area contributed by atoms with E-state index in [9.17, 15) is 14.0 Å². The van der Waals surface area contributed by atoms with Crippen LogP contribution in [0.2, 0.25) is 0 Å². The maximum absolute atomic E-state index is 13.8. The van der Waals surface area contributed by atoms with Crippen LogP contribution >= 0.6 is 0 Å². The van der Waals surface area contributed by atoms with Crippen molar-refractivity contribution in [3.8, 4) is 17.1 Å². The second kappa shape index (κ2) is 7.37. The fourth-order valence-electron chi connectivity index (χ4n) is 4.92. The Morgan fingerprint density at radius 1 is 1.19 bits per heavy atom. The molecule has 0 radical (unpaired) electrons. The molecule has 7 nitrogen and oxygen atoms in total. The maximum atomic E-state index is 13.8. The predicted octanol–water partition coefficient (Wildman–Crippen LogP) is 2.66. The third-order valence-electron chi connectivity index (χ3n) is 6.35. The molecule has 1 saturated heterocycles. The minimum absolute atomic E-state index is 0.0481. The Morgan fingerprint density at radius 2 is 2.03 bits per heavy atom. The minimum Gasteiger partial charge on any atom is -0.496 e. The summed E-state index contributed by atoms with van der Waals surface area (Å²) < 4.78 is 22.7. The standard InChI is InChI=1S/C23H23FN4O3/c1-26-8-7-25-21(26)17-4-5-19-15-9-14(12-28(19)23(17)30)11-27(13-15)22(29)18-10-16(24)3-6-20(18)31-2/h3-8,10,14-15H,9,11-13H2,1-2H3/t14-,15+/m0/s1. The summed E-state index contributed by atoms with van der Waals surface area (Å²) in [5.41, 5.74) is 1.69. The minimum atomic E-state index is -0.472. The molecule has 2 aliphatic heterocycles. The number of methoxy groups -OCH3 is 1. The molecule has 1 amide bonds. The first kappa shape index (κ1) is 19.5. The topological polar surface area (TPSA) is 69.4 Å². The van der Waals surface area contributed by atoms with Crippen LogP contribution in [0.1, 0.15) is 28.4 Å². The van der Waals surface area contributed by atoms with Crippen LogP contribution in [-0.2, 0) is 13.6 Å². The van der Waals surface area contributed by atoms with Crippen molar-refractivity contribution in [2.45, 2.75) is 18.9 Å². The van der Waals surface area contributed by atoms with Crippen LogP contribution in [0.5, 0.6) is 5.75 Å². The van der Waals surface area contributed by atoms with E-state index in [0.29, 0.717) is 36.8 Å². The number of hydrogen-bond donors (Lipinski definition) is 0. The van der Waals surface area contributed by atoms with Gasteiger partial charge in [0.25, 0.3) is 11.5 Å². The Morgan fingerprint density at radius 3 is 2.77 bits per heavy atom. The Kier molecular flexibility index (Phi) is 4.64. The van der Waals surface area contributed by atoms with Gasteiger partial charge in [0, 0.05) is 50.7 Å². The zero-order valence-corrected chi connectivity index (χ0v) is 17.4. The lowest BCUT2D eigenvalue weighted by Crippen LogP contribution is -2.49. The number of halogens is 1. The number of rotatable bonds is 3. The highest BCUT2D eigenvalue weighted by Crippen LogP contribution is 2.36. The van der Waals surface area contributed by atoms with E-state index in [4.69, 9.17) is 4.74 Å². The number of carbonyl (C=O) groups excluding carboxylic acids is 1. The van der Waals surface area contributed by atoms with Crippen LogP contribution in [0.4, 0.5) is 4.39 Å². The molecule has 4 heterocycles. The smallest absolute Gasteiger partial charge is 0.261 e. The van der Waals surface area contributed by atoms with Gasteiger partial charge in [-0.15, -0.1) is 0 Å². The van der Waals surface area contributed by atoms with Crippen LogP contribution in [0.15, 0.2) is 47.5 Å². The summed E-state index contributed by atoms with van der Waals surface area (Å²) in [5.74, 6) is 0.499. The fourth-order valence-corrected chi connectivity index (χ4v) is 4.92. The number of carbonyl (C=O) groups is 1. The fraction of sp³-hybridized carbons (Fsp3) is 0.348. The van der Waals surface area contributed by atoms with Gasteiger partial charge >= 0.3 is 0 Å². The number of piperidine rings is 1. The summed E-state index contributed by atoms with van der Waals surface area (Å²) in [7, 11) is 3.33. The molecule has 2 bridgehead atoms. The second-order valence-electron chi connectivity index (χ2n) is 8.30. The van der Waals surface area contributed by atoms with E-state index in [1.54, 1.807) is 11.1 Å². The van der Waals surface area contributed by atoms with Gasteiger partial charge < -0.3 is 18.8 Å². The maximum Gasteiger partial charge on any atom is 0.261 e. The number of aromatic nitrogens is 3. The Hall–Kier alpha value is -3.42. The molecule has 0 aliphatic carbocycles. The van der Waals surface area contributed by atoms with Gasteiger partial charge in [-0.2, -0.15) is 0 Å². The molecule has 2 aliphatic rings. The monoisotopic (exact) mass is 422 g/mol. The second-order valence-corrected chi connectivity index (χ2v) is 8.30. The molecule has 0 N–H and O–H groups in total. The Labute approximate surface area is 178 Å². The highest BCUT2D eigenvalue weighted by atomic mass is 19.1. The first-order valence-corrected chi connectivity index (χ1v) is 10.3. The molecule has 1 aromatic carbocycles. The predicted molar refractivity (Wildman–Crippen MR) is 113 cm³/mol. The van der Waals surface area contributed by atoms with Crippen molar-refractivity contribution >= 4 is 5.91 Å². The summed E-state index contributed by atoms with van der Waals surface area (Å²) in [6.45, 7) is 1.55. The Balaban J connectivity index is 1.47. The normalized spacial score (nSPS) is 19.8. The van der Waals surface area contributed by atoms with Gasteiger partial charge in [-0.05, 0) is 42.7 Å². The van der Waals surface area contributed by atoms with Crippen LogP contribution in [0.3, 0.4) is 0 Å². The van der Waals surface area contributed by atoms with Gasteiger partial charge in [-0.1, -0.05) is 0 Å². The molecule has 3 aromatic rings. The molecule has 0 spiro atoms. The summed E-state index contributed by atoms with van der Waals surface area (Å²) in [4.78, 5) is 32.5. The van der Waals surface area contributed by atoms with Gasteiger partial charge in [-0.25, -0.2) is 9.37 Å². The molecule has 160 valence electrons. The van der Waals surface area contributed by atoms with Gasteiger partial charge in [0.1, 0.15) is 17.4 Å². The molecule has 2 atom stereocenters. The number of ether oxygens (including phenoxy) is 1. The summed E-state index contributed by atoms with van der Waals surface area (Å²) in [6.07, 6.45) is 4.42. The number of aryl methyl sites for hydroxylation is 1. The van der Waals surface area contributed by atoms with Crippen LogP contribution in [0, 0.1) is 11.7 Å². The van der Waals surface area contributed by atoms with E-state index in [1.807, 2.05) is 34.5 Å². The number of imidazole rings is 1. The van der Waals surface area contributed by atoms with E-state index >= 15 is 0 Å². The molecule has 5 rings (SSSR count). The summed E-state index contributed by atoms with van der Waals surface area (Å²) >= 11 is 0. The van der Waals surface area contributed by atoms with Crippen molar-refractivity contribution in [3.05, 3.63) is 70.2 Å². The van der Waals surface area contributed by atoms with Gasteiger partial charge in [-0.3, -0.25) is 9.59 Å². The highest BCUT2D eigenvalue weighted by Gasteiger charge is 2.37. The molecular formula is C23H23FN4O3. The van der Waals surface area contributed by atoms with E-state index in [0.717, 1.165) is 12.1 Å². The molecule has 0 saturated carbocycles. The van der Waals surface area contributed by atoms with Gasteiger partial charge in [0.2, 0.25) is 0 Å². The van der Waals surface area contributed by atoms with Gasteiger partial charge in [0.05, 0.1) is 18.2 Å². The molecular weight excluding hydrogens is 399 g/mol. The van der Waals surface area contributed by atoms with Crippen molar-refractivity contribution in [1.29, 1.82) is 0 Å². The third-order valence-corrected chi connectivity index (χ3v) is 6.35. The van der Waals surface area contributed by atoms with Crippen molar-refractivity contribution < 1.29 is 13.9 Å². The van der Waals surface area contributed by atoms with Crippen molar-refractivity contribution in [3.63, 3.8) is 0 Å². The van der Waals surface area contributed by atoms with Gasteiger partial charge in [0.15, 0.2) is 0 Å². The first-order valence-electron chi connectivity index (χ1n) is 10.3. The Bertz CT molecular complexity index is 1230. The molecule has 1 fully saturated rings. The van der Waals surface area contributed by atoms with Crippen molar-refractivity contribution in [2.75, 3.05) is 20.2 Å². The number of benzene rings is 1. The van der Waals surface area contributed by atoms with E-state index in [-0.39, 0.29) is 28.9 Å². The zero-order chi connectivity index (χ0) is 21.7. The highest BCUT2D eigenvalue weighted by molar-refractivity contribution is 5.97. The molecule has 0 unspecified atom stereocenters. The quantitative estimate of drug-likeness (QED) is 0.651. The molecule has 2 aromatic heterocycles. The lowest BCUT2D eigenvalue weighted by atomic mass is 9.82. The van der Waals surface area contributed by atoms with Crippen LogP contribution < -0.4 is 10.3 Å². The number of pyridine rings is 1. The molecule has 8 heteroatoms. The summed E-state index contributed by atoms with van der Waals surface area (Å²) in [6, 6.07) is 7.78. The van der Waals surface area contributed by atoms with E-state index in [2.05, 4.69) is 4.98 Å². The third kappa shape index (κ3) is 3.22. The summed E-state index contributed by atoms with van der Waals surface area (Å²) in [5, 5.41) is 0. The van der Waals surface area contributed by atoms with E-state index < -0.39 is 5.82 Å². The van der Waals surface area contributed by atoms with Crippen molar-refractivity contribution in [2.24, 2.45) is 13.0 Å². The largest absolute Gasteiger partial charge is 0.496 e. The number of nitrogens with zero attached hydrogens (tertiary/aromatic N) is 4. The number of hydrogen-bond acceptors (Lipinski definition) is 4. The number of fused-ring (bicyclic) bond motifs is 4. The lowest BCUT2D eigenvalue weighted by molar-refractivity contribution is 0.0591. The van der Waals surface area contributed by atoms with Crippen LogP contribution in [0.25, 0.3) is 11.4 Å². The van der Waals surface area contributed by atoms with E-state index in [1.165, 1.54) is 25.3 Å². The first-order chi connectivity index (χ1) is 15.0. The number of likely N-dealkylation sites (tertiary alicyclic amines) is 1. The number of amides is 1. The van der Waals surface area contributed by atoms with Crippen molar-refractivity contribution in [1.82, 2.24) is 19.0 Å². The molecule has 31 heavy (non-hydrogen) atoms. The lowest BCUT2D eigenvalue weighted by Gasteiger charge is -2.43. The zero-order valence-electron chi connectivity index (χ0n) is 17.4. The average Bonchev–Trinajstić information content (AvgIpc) is 3.19. The van der Waals surface area contributed by atoms with Crippen LogP contribution in [-0.4, -0.2) is 45.1 Å².